The van der Waals surface area contributed by atoms with Crippen LogP contribution in [0.5, 0.6) is 5.75 Å². The summed E-state index contributed by atoms with van der Waals surface area (Å²) in [6.45, 7) is 4.31. The summed E-state index contributed by atoms with van der Waals surface area (Å²) in [5, 5.41) is 9.40. The first-order chi connectivity index (χ1) is 14.1. The Labute approximate surface area is 178 Å². The van der Waals surface area contributed by atoms with Gasteiger partial charge in [-0.1, -0.05) is 45.1 Å². The van der Waals surface area contributed by atoms with Crippen molar-refractivity contribution in [3.8, 4) is 5.75 Å². The molecule has 29 heavy (non-hydrogen) atoms. The first kappa shape index (κ1) is 22.6. The number of nitrogens with zero attached hydrogens (tertiary/aromatic N) is 1. The number of rotatable bonds is 11. The molecule has 0 fully saturated rings. The summed E-state index contributed by atoms with van der Waals surface area (Å²) in [6, 6.07) is 11.1. The molecular weight excluding hydrogens is 384 g/mol. The molecule has 0 bridgehead atoms. The van der Waals surface area contributed by atoms with Gasteiger partial charge >= 0.3 is 0 Å². The molecule has 0 atom stereocenters. The van der Waals surface area contributed by atoms with Gasteiger partial charge < -0.3 is 20.7 Å². The van der Waals surface area contributed by atoms with Gasteiger partial charge in [0.05, 0.1) is 12.3 Å². The Morgan fingerprint density at radius 2 is 1.83 bits per heavy atom. The third kappa shape index (κ3) is 8.91. The van der Waals surface area contributed by atoms with Gasteiger partial charge in [0.2, 0.25) is 5.91 Å². The van der Waals surface area contributed by atoms with E-state index in [-0.39, 0.29) is 5.91 Å². The van der Waals surface area contributed by atoms with Crippen LogP contribution in [0.25, 0.3) is 0 Å². The monoisotopic (exact) mass is 414 g/mol. The quantitative estimate of drug-likeness (QED) is 0.329. The van der Waals surface area contributed by atoms with Gasteiger partial charge in [0.25, 0.3) is 0 Å². The fourth-order valence-corrected chi connectivity index (χ4v) is 3.01. The van der Waals surface area contributed by atoms with Gasteiger partial charge in [-0.3, -0.25) is 4.79 Å². The largest absolute Gasteiger partial charge is 0.491 e. The highest BCUT2D eigenvalue weighted by Gasteiger charge is 2.08. The zero-order chi connectivity index (χ0) is 20.9. The lowest BCUT2D eigenvalue weighted by molar-refractivity contribution is -0.114. The van der Waals surface area contributed by atoms with Crippen LogP contribution in [0.4, 0.5) is 17.2 Å². The fraction of sp³-hybridized carbons (Fsp3) is 0.409. The summed E-state index contributed by atoms with van der Waals surface area (Å²) in [5.74, 6) is 1.15. The zero-order valence-corrected chi connectivity index (χ0v) is 18.0. The van der Waals surface area contributed by atoms with Gasteiger partial charge in [0.1, 0.15) is 11.6 Å². The molecule has 1 amide bonds. The van der Waals surface area contributed by atoms with Crippen LogP contribution in [0.2, 0.25) is 0 Å². The predicted molar refractivity (Wildman–Crippen MR) is 124 cm³/mol. The smallest absolute Gasteiger partial charge is 0.221 e. The zero-order valence-electron chi connectivity index (χ0n) is 17.2. The van der Waals surface area contributed by atoms with Crippen molar-refractivity contribution in [1.82, 2.24) is 4.98 Å². The minimum atomic E-state index is -0.137. The predicted octanol–water partition coefficient (Wildman–Crippen LogP) is 5.59. The Morgan fingerprint density at radius 1 is 1.03 bits per heavy atom. The summed E-state index contributed by atoms with van der Waals surface area (Å²) in [5.41, 5.74) is 1.42. The van der Waals surface area contributed by atoms with Gasteiger partial charge in [0, 0.05) is 24.9 Å². The van der Waals surface area contributed by atoms with Crippen molar-refractivity contribution in [1.29, 1.82) is 0 Å². The van der Waals surface area contributed by atoms with Crippen LogP contribution in [-0.2, 0) is 4.79 Å². The number of carbonyl (C=O) groups excluding carboxylic acids is 1. The maximum atomic E-state index is 11.5. The molecule has 156 valence electrons. The van der Waals surface area contributed by atoms with Gasteiger partial charge in [0.15, 0.2) is 5.11 Å². The lowest BCUT2D eigenvalue weighted by atomic mass is 10.1. The fourth-order valence-electron chi connectivity index (χ4n) is 2.79. The average Bonchev–Trinajstić information content (AvgIpc) is 2.69. The Kier molecular flexibility index (Phi) is 9.92. The molecule has 0 aliphatic carbocycles. The number of anilines is 3. The standard InChI is InChI=1S/C22H30N4O2S/c1-3-4-5-6-7-10-15-28-20-16-18(12-13-19(20)24-17(2)27)25-22(29)26-21-11-8-9-14-23-21/h8-9,11-14,16H,3-7,10,15H2,1-2H3,(H,24,27)(H2,23,25,26,29). The molecule has 0 radical (unpaired) electrons. The molecule has 0 aliphatic rings. The van der Waals surface area contributed by atoms with E-state index in [9.17, 15) is 4.79 Å². The molecule has 0 saturated carbocycles. The molecule has 1 aromatic carbocycles. The van der Waals surface area contributed by atoms with E-state index < -0.39 is 0 Å². The van der Waals surface area contributed by atoms with Crippen molar-refractivity contribution < 1.29 is 9.53 Å². The number of pyridine rings is 1. The highest BCUT2D eigenvalue weighted by molar-refractivity contribution is 7.80. The second-order valence-electron chi connectivity index (χ2n) is 6.80. The van der Waals surface area contributed by atoms with Gasteiger partial charge in [-0.2, -0.15) is 0 Å². The third-order valence-electron chi connectivity index (χ3n) is 4.21. The molecule has 2 aromatic rings. The first-order valence-corrected chi connectivity index (χ1v) is 10.5. The van der Waals surface area contributed by atoms with E-state index in [1.165, 1.54) is 32.6 Å². The second-order valence-corrected chi connectivity index (χ2v) is 7.21. The number of carbonyl (C=O) groups is 1. The van der Waals surface area contributed by atoms with Gasteiger partial charge in [-0.25, -0.2) is 4.98 Å². The normalized spacial score (nSPS) is 10.3. The lowest BCUT2D eigenvalue weighted by Gasteiger charge is -2.15. The van der Waals surface area contributed by atoms with Crippen LogP contribution in [0.3, 0.4) is 0 Å². The van der Waals surface area contributed by atoms with E-state index in [2.05, 4.69) is 27.9 Å². The van der Waals surface area contributed by atoms with Crippen molar-refractivity contribution in [3.63, 3.8) is 0 Å². The van der Waals surface area contributed by atoms with E-state index in [0.29, 0.717) is 29.0 Å². The number of ether oxygens (including phenoxy) is 1. The van der Waals surface area contributed by atoms with Crippen LogP contribution < -0.4 is 20.7 Å². The van der Waals surface area contributed by atoms with Crippen LogP contribution in [0, 0.1) is 0 Å². The third-order valence-corrected chi connectivity index (χ3v) is 4.42. The van der Waals surface area contributed by atoms with E-state index in [1.54, 1.807) is 6.20 Å². The van der Waals surface area contributed by atoms with E-state index in [4.69, 9.17) is 17.0 Å². The maximum absolute atomic E-state index is 11.5. The highest BCUT2D eigenvalue weighted by Crippen LogP contribution is 2.29. The molecule has 6 nitrogen and oxygen atoms in total. The number of nitrogens with one attached hydrogen (secondary N) is 3. The number of amides is 1. The van der Waals surface area contributed by atoms with Crippen LogP contribution in [-0.4, -0.2) is 22.6 Å². The molecular formula is C22H30N4O2S. The van der Waals surface area contributed by atoms with Crippen molar-refractivity contribution in [3.05, 3.63) is 42.6 Å². The van der Waals surface area contributed by atoms with Crippen molar-refractivity contribution in [2.75, 3.05) is 22.6 Å². The Morgan fingerprint density at radius 3 is 2.55 bits per heavy atom. The van der Waals surface area contributed by atoms with Crippen molar-refractivity contribution in [2.24, 2.45) is 0 Å². The molecule has 1 aromatic heterocycles. The molecule has 1 heterocycles. The summed E-state index contributed by atoms with van der Waals surface area (Å²) in [6.07, 6.45) is 8.85. The Balaban J connectivity index is 1.94. The number of benzene rings is 1. The van der Waals surface area contributed by atoms with Gasteiger partial charge in [-0.15, -0.1) is 0 Å². The molecule has 0 aliphatic heterocycles. The van der Waals surface area contributed by atoms with Crippen molar-refractivity contribution >= 4 is 40.4 Å². The number of hydrogen-bond donors (Lipinski definition) is 3. The maximum Gasteiger partial charge on any atom is 0.221 e. The van der Waals surface area contributed by atoms with Crippen LogP contribution in [0.15, 0.2) is 42.6 Å². The van der Waals surface area contributed by atoms with Gasteiger partial charge in [-0.05, 0) is 42.9 Å². The number of thiocarbonyl (C=S) groups is 1. The molecule has 0 spiro atoms. The van der Waals surface area contributed by atoms with E-state index in [0.717, 1.165) is 18.5 Å². The van der Waals surface area contributed by atoms with Crippen LogP contribution >= 0.6 is 12.2 Å². The topological polar surface area (TPSA) is 75.3 Å². The van der Waals surface area contributed by atoms with E-state index in [1.807, 2.05) is 36.4 Å². The molecule has 7 heteroatoms. The minimum absolute atomic E-state index is 0.137. The highest BCUT2D eigenvalue weighted by atomic mass is 32.1. The van der Waals surface area contributed by atoms with E-state index >= 15 is 0 Å². The lowest BCUT2D eigenvalue weighted by Crippen LogP contribution is -2.19. The minimum Gasteiger partial charge on any atom is -0.491 e. The summed E-state index contributed by atoms with van der Waals surface area (Å²) < 4.78 is 5.95. The molecule has 2 rings (SSSR count). The number of hydrogen-bond acceptors (Lipinski definition) is 4. The number of aromatic nitrogens is 1. The SMILES string of the molecule is CCCCCCCCOc1cc(NC(=S)Nc2ccccn2)ccc1NC(C)=O. The second kappa shape index (κ2) is 12.7. The summed E-state index contributed by atoms with van der Waals surface area (Å²) in [4.78, 5) is 15.7. The Hall–Kier alpha value is -2.67. The number of unbranched alkanes of at least 4 members (excludes halogenated alkanes) is 5. The molecule has 0 unspecified atom stereocenters. The van der Waals surface area contributed by atoms with Crippen LogP contribution in [0.1, 0.15) is 52.4 Å². The molecule has 0 saturated heterocycles. The average molecular weight is 415 g/mol. The summed E-state index contributed by atoms with van der Waals surface area (Å²) in [7, 11) is 0. The Bertz CT molecular complexity index is 784. The summed E-state index contributed by atoms with van der Waals surface area (Å²) >= 11 is 5.35. The van der Waals surface area contributed by atoms with Crippen molar-refractivity contribution in [2.45, 2.75) is 52.4 Å². The first-order valence-electron chi connectivity index (χ1n) is 10.1. The molecule has 3 N–H and O–H groups in total.